The van der Waals surface area contributed by atoms with Gasteiger partial charge in [-0.2, -0.15) is 0 Å². The van der Waals surface area contributed by atoms with Crippen LogP contribution in [0.5, 0.6) is 17.2 Å². The van der Waals surface area contributed by atoms with Gasteiger partial charge in [0, 0.05) is 12.1 Å². The molecule has 0 unspecified atom stereocenters. The molecule has 0 atom stereocenters. The van der Waals surface area contributed by atoms with Crippen molar-refractivity contribution in [1.29, 1.82) is 0 Å². The molecule has 0 saturated heterocycles. The van der Waals surface area contributed by atoms with E-state index in [0.717, 1.165) is 15.9 Å². The van der Waals surface area contributed by atoms with Crippen molar-refractivity contribution in [1.82, 2.24) is 15.0 Å². The lowest BCUT2D eigenvalue weighted by atomic mass is 10.2. The summed E-state index contributed by atoms with van der Waals surface area (Å²) in [7, 11) is 4.62. The average Bonchev–Trinajstić information content (AvgIpc) is 3.12. The summed E-state index contributed by atoms with van der Waals surface area (Å²) in [6.45, 7) is 0.0801. The first-order valence-electron chi connectivity index (χ1n) is 8.74. The van der Waals surface area contributed by atoms with E-state index in [4.69, 9.17) is 18.7 Å². The van der Waals surface area contributed by atoms with Crippen molar-refractivity contribution in [2.45, 2.75) is 13.1 Å². The zero-order chi connectivity index (χ0) is 20.8. The van der Waals surface area contributed by atoms with Gasteiger partial charge in [0.2, 0.25) is 5.91 Å². The number of benzene rings is 2. The van der Waals surface area contributed by atoms with Crippen LogP contribution in [0.15, 0.2) is 51.8 Å². The summed E-state index contributed by atoms with van der Waals surface area (Å²) in [6.07, 6.45) is 0. The van der Waals surface area contributed by atoms with Crippen molar-refractivity contribution < 1.29 is 23.5 Å². The number of carbonyl (C=O) groups is 1. The third kappa shape index (κ3) is 4.57. The lowest BCUT2D eigenvalue weighted by Crippen LogP contribution is -2.30. The first-order valence-corrected chi connectivity index (χ1v) is 8.74. The molecule has 3 rings (SSSR count). The van der Waals surface area contributed by atoms with E-state index in [9.17, 15) is 9.59 Å². The summed E-state index contributed by atoms with van der Waals surface area (Å²) >= 11 is 0. The summed E-state index contributed by atoms with van der Waals surface area (Å²) in [4.78, 5) is 24.4. The molecule has 0 aliphatic heterocycles. The summed E-state index contributed by atoms with van der Waals surface area (Å²) in [5.41, 5.74) is 1.45. The first kappa shape index (κ1) is 20.0. The largest absolute Gasteiger partial charge is 0.497 e. The van der Waals surface area contributed by atoms with E-state index >= 15 is 0 Å². The Morgan fingerprint density at radius 2 is 1.76 bits per heavy atom. The van der Waals surface area contributed by atoms with Crippen LogP contribution in [0.4, 0.5) is 0 Å². The lowest BCUT2D eigenvalue weighted by molar-refractivity contribution is -0.121. The van der Waals surface area contributed by atoms with E-state index in [1.165, 1.54) is 14.2 Å². The molecule has 9 nitrogen and oxygen atoms in total. The van der Waals surface area contributed by atoms with Crippen LogP contribution in [0.2, 0.25) is 0 Å². The smallest absolute Gasteiger partial charge is 0.442 e. The Hall–Kier alpha value is -3.75. The number of amides is 1. The summed E-state index contributed by atoms with van der Waals surface area (Å²) in [5.74, 6) is 0.871. The van der Waals surface area contributed by atoms with E-state index in [1.54, 1.807) is 37.4 Å². The van der Waals surface area contributed by atoms with E-state index in [2.05, 4.69) is 10.5 Å². The SMILES string of the molecule is COc1ccc(CNC(=O)Cn2c(-c3ccc(OC)c(OC)c3)noc2=O)cc1. The van der Waals surface area contributed by atoms with Gasteiger partial charge in [-0.05, 0) is 35.9 Å². The number of nitrogens with zero attached hydrogens (tertiary/aromatic N) is 2. The van der Waals surface area contributed by atoms with Crippen molar-refractivity contribution in [3.05, 3.63) is 58.6 Å². The molecule has 2 aromatic carbocycles. The molecule has 1 N–H and O–H groups in total. The molecule has 0 spiro atoms. The second-order valence-electron chi connectivity index (χ2n) is 6.05. The molecule has 9 heteroatoms. The van der Waals surface area contributed by atoms with Crippen LogP contribution >= 0.6 is 0 Å². The zero-order valence-corrected chi connectivity index (χ0v) is 16.3. The van der Waals surface area contributed by atoms with E-state index in [0.29, 0.717) is 23.6 Å². The monoisotopic (exact) mass is 399 g/mol. The summed E-state index contributed by atoms with van der Waals surface area (Å²) in [5, 5.41) is 6.56. The molecule has 0 saturated carbocycles. The highest BCUT2D eigenvalue weighted by atomic mass is 16.5. The number of nitrogens with one attached hydrogen (secondary N) is 1. The minimum Gasteiger partial charge on any atom is -0.497 e. The van der Waals surface area contributed by atoms with Gasteiger partial charge in [0.15, 0.2) is 17.3 Å². The van der Waals surface area contributed by atoms with Gasteiger partial charge >= 0.3 is 5.76 Å². The van der Waals surface area contributed by atoms with Gasteiger partial charge in [-0.3, -0.25) is 9.32 Å². The predicted octanol–water partition coefficient (Wildman–Crippen LogP) is 1.85. The van der Waals surface area contributed by atoms with Crippen LogP contribution in [0, 0.1) is 0 Å². The standard InChI is InChI=1S/C20H21N3O6/c1-26-15-7-4-13(5-8-15)11-21-18(24)12-23-19(22-29-20(23)25)14-6-9-16(27-2)17(10-14)28-3/h4-10H,11-12H2,1-3H3,(H,21,24). The molecule has 0 bridgehead atoms. The number of rotatable bonds is 8. The molecule has 1 aromatic heterocycles. The molecular formula is C20H21N3O6. The lowest BCUT2D eigenvalue weighted by Gasteiger charge is -2.10. The molecule has 152 valence electrons. The maximum Gasteiger partial charge on any atom is 0.442 e. The highest BCUT2D eigenvalue weighted by Gasteiger charge is 2.17. The Morgan fingerprint density at radius 3 is 2.41 bits per heavy atom. The number of hydrogen-bond acceptors (Lipinski definition) is 7. The third-order valence-electron chi connectivity index (χ3n) is 4.28. The van der Waals surface area contributed by atoms with Gasteiger partial charge in [0.1, 0.15) is 12.3 Å². The maximum atomic E-state index is 12.4. The molecule has 29 heavy (non-hydrogen) atoms. The second kappa shape index (κ2) is 8.96. The Kier molecular flexibility index (Phi) is 6.18. The van der Waals surface area contributed by atoms with Crippen LogP contribution in [0.3, 0.4) is 0 Å². The van der Waals surface area contributed by atoms with Crippen molar-refractivity contribution >= 4 is 5.91 Å². The fourth-order valence-corrected chi connectivity index (χ4v) is 2.73. The Bertz CT molecular complexity index is 1040. The molecule has 3 aromatic rings. The number of aromatic nitrogens is 2. The predicted molar refractivity (Wildman–Crippen MR) is 104 cm³/mol. The quantitative estimate of drug-likeness (QED) is 0.616. The van der Waals surface area contributed by atoms with Gasteiger partial charge in [-0.1, -0.05) is 17.3 Å². The molecule has 0 fully saturated rings. The van der Waals surface area contributed by atoms with Crippen molar-refractivity contribution in [2.24, 2.45) is 0 Å². The number of ether oxygens (including phenoxy) is 3. The topological polar surface area (TPSA) is 105 Å². The highest BCUT2D eigenvalue weighted by Crippen LogP contribution is 2.31. The third-order valence-corrected chi connectivity index (χ3v) is 4.28. The number of carbonyl (C=O) groups excluding carboxylic acids is 1. The summed E-state index contributed by atoms with van der Waals surface area (Å²) in [6, 6.07) is 12.3. The van der Waals surface area contributed by atoms with Crippen molar-refractivity contribution in [3.8, 4) is 28.6 Å². The Morgan fingerprint density at radius 1 is 1.03 bits per heavy atom. The molecule has 0 aliphatic carbocycles. The van der Waals surface area contributed by atoms with Crippen LogP contribution in [0.1, 0.15) is 5.56 Å². The number of methoxy groups -OCH3 is 3. The molecule has 0 radical (unpaired) electrons. The van der Waals surface area contributed by atoms with Crippen molar-refractivity contribution in [2.75, 3.05) is 21.3 Å². The van der Waals surface area contributed by atoms with E-state index in [-0.39, 0.29) is 18.3 Å². The van der Waals surface area contributed by atoms with Gasteiger partial charge in [-0.25, -0.2) is 9.36 Å². The Labute approximate surface area is 166 Å². The maximum absolute atomic E-state index is 12.4. The van der Waals surface area contributed by atoms with Gasteiger partial charge in [-0.15, -0.1) is 0 Å². The van der Waals surface area contributed by atoms with Crippen molar-refractivity contribution in [3.63, 3.8) is 0 Å². The summed E-state index contributed by atoms with van der Waals surface area (Å²) < 4.78 is 21.5. The van der Waals surface area contributed by atoms with Gasteiger partial charge in [0.25, 0.3) is 0 Å². The van der Waals surface area contributed by atoms with Gasteiger partial charge in [0.05, 0.1) is 21.3 Å². The normalized spacial score (nSPS) is 10.4. The fraction of sp³-hybridized carbons (Fsp3) is 0.250. The first-order chi connectivity index (χ1) is 14.0. The number of hydrogen-bond donors (Lipinski definition) is 1. The van der Waals surface area contributed by atoms with Gasteiger partial charge < -0.3 is 19.5 Å². The van der Waals surface area contributed by atoms with Crippen LogP contribution < -0.4 is 25.3 Å². The minimum atomic E-state index is -0.727. The molecule has 0 aliphatic rings. The Balaban J connectivity index is 1.74. The van der Waals surface area contributed by atoms with E-state index < -0.39 is 5.76 Å². The minimum absolute atomic E-state index is 0.218. The molecule has 1 amide bonds. The van der Waals surface area contributed by atoms with E-state index in [1.807, 2.05) is 12.1 Å². The average molecular weight is 399 g/mol. The fourth-order valence-electron chi connectivity index (χ4n) is 2.73. The van der Waals surface area contributed by atoms with Crippen LogP contribution in [-0.4, -0.2) is 37.0 Å². The second-order valence-corrected chi connectivity index (χ2v) is 6.05. The molecule has 1 heterocycles. The highest BCUT2D eigenvalue weighted by molar-refractivity contribution is 5.76. The zero-order valence-electron chi connectivity index (χ0n) is 16.3. The van der Waals surface area contributed by atoms with Crippen LogP contribution in [0.25, 0.3) is 11.4 Å². The molecular weight excluding hydrogens is 378 g/mol. The van der Waals surface area contributed by atoms with Crippen LogP contribution in [-0.2, 0) is 17.9 Å².